The van der Waals surface area contributed by atoms with Crippen LogP contribution in [0.5, 0.6) is 0 Å². The molecule has 4 rings (SSSR count). The Morgan fingerprint density at radius 2 is 1.92 bits per heavy atom. The molecule has 0 bridgehead atoms. The van der Waals surface area contributed by atoms with E-state index in [9.17, 15) is 0 Å². The summed E-state index contributed by atoms with van der Waals surface area (Å²) >= 11 is 0. The van der Waals surface area contributed by atoms with E-state index in [2.05, 4.69) is 44.5 Å². The molecule has 1 aliphatic carbocycles. The van der Waals surface area contributed by atoms with Gasteiger partial charge in [-0.1, -0.05) is 24.3 Å². The van der Waals surface area contributed by atoms with E-state index in [1.807, 2.05) is 12.4 Å². The van der Waals surface area contributed by atoms with Gasteiger partial charge < -0.3 is 15.0 Å². The van der Waals surface area contributed by atoms with Gasteiger partial charge in [0.25, 0.3) is 0 Å². The van der Waals surface area contributed by atoms with Crippen molar-refractivity contribution in [2.75, 3.05) is 31.2 Å². The molecule has 1 aromatic carbocycles. The molecule has 0 saturated carbocycles. The molecule has 1 atom stereocenters. The summed E-state index contributed by atoms with van der Waals surface area (Å²) in [6, 6.07) is 9.22. The smallest absolute Gasteiger partial charge is 0.225 e. The van der Waals surface area contributed by atoms with Gasteiger partial charge in [-0.05, 0) is 30.4 Å². The van der Waals surface area contributed by atoms with Crippen LogP contribution in [0.25, 0.3) is 0 Å². The van der Waals surface area contributed by atoms with Crippen molar-refractivity contribution >= 4 is 5.95 Å². The number of anilines is 1. The third-order valence-electron chi connectivity index (χ3n) is 4.91. The molecule has 1 unspecified atom stereocenters. The van der Waals surface area contributed by atoms with Gasteiger partial charge in [-0.2, -0.15) is 0 Å². The predicted molar refractivity (Wildman–Crippen MR) is 94.0 cm³/mol. The lowest BCUT2D eigenvalue weighted by molar-refractivity contribution is 0.122. The molecule has 5 heteroatoms. The Bertz CT molecular complexity index is 667. The molecule has 1 N–H and O–H groups in total. The first-order valence-electron chi connectivity index (χ1n) is 8.85. The summed E-state index contributed by atoms with van der Waals surface area (Å²) in [5.41, 5.74) is 4.07. The third kappa shape index (κ3) is 3.42. The van der Waals surface area contributed by atoms with E-state index in [1.54, 1.807) is 0 Å². The minimum absolute atomic E-state index is 0.439. The molecule has 0 amide bonds. The molecule has 0 spiro atoms. The topological polar surface area (TPSA) is 50.3 Å². The second-order valence-electron chi connectivity index (χ2n) is 6.52. The molecule has 1 aliphatic heterocycles. The van der Waals surface area contributed by atoms with Crippen molar-refractivity contribution in [2.45, 2.75) is 31.8 Å². The van der Waals surface area contributed by atoms with Gasteiger partial charge in [0, 0.05) is 43.6 Å². The number of hydrogen-bond donors (Lipinski definition) is 1. The van der Waals surface area contributed by atoms with Crippen molar-refractivity contribution in [3.8, 4) is 0 Å². The van der Waals surface area contributed by atoms with Gasteiger partial charge in [0.2, 0.25) is 5.95 Å². The van der Waals surface area contributed by atoms with Crippen LogP contribution in [-0.2, 0) is 17.7 Å². The van der Waals surface area contributed by atoms with Crippen molar-refractivity contribution in [3.63, 3.8) is 0 Å². The van der Waals surface area contributed by atoms with E-state index in [-0.39, 0.29) is 0 Å². The van der Waals surface area contributed by atoms with E-state index in [4.69, 9.17) is 4.74 Å². The van der Waals surface area contributed by atoms with E-state index in [0.29, 0.717) is 6.04 Å². The average molecular weight is 324 g/mol. The lowest BCUT2D eigenvalue weighted by atomic mass is 9.88. The maximum absolute atomic E-state index is 5.37. The van der Waals surface area contributed by atoms with E-state index >= 15 is 0 Å². The van der Waals surface area contributed by atoms with Gasteiger partial charge in [0.15, 0.2) is 0 Å². The normalized spacial score (nSPS) is 20.7. The molecule has 5 nitrogen and oxygen atoms in total. The van der Waals surface area contributed by atoms with Crippen LogP contribution in [-0.4, -0.2) is 36.3 Å². The first-order valence-corrected chi connectivity index (χ1v) is 8.85. The van der Waals surface area contributed by atoms with Crippen LogP contribution in [0.15, 0.2) is 36.7 Å². The minimum Gasteiger partial charge on any atom is -0.378 e. The van der Waals surface area contributed by atoms with Crippen LogP contribution < -0.4 is 10.2 Å². The Morgan fingerprint density at radius 3 is 2.75 bits per heavy atom. The zero-order valence-electron chi connectivity index (χ0n) is 13.9. The Morgan fingerprint density at radius 1 is 1.12 bits per heavy atom. The van der Waals surface area contributed by atoms with Crippen LogP contribution in [0, 0.1) is 0 Å². The largest absolute Gasteiger partial charge is 0.378 e. The molecule has 24 heavy (non-hydrogen) atoms. The molecule has 126 valence electrons. The highest BCUT2D eigenvalue weighted by Crippen LogP contribution is 2.29. The number of aromatic nitrogens is 2. The zero-order valence-corrected chi connectivity index (χ0v) is 13.9. The first kappa shape index (κ1) is 15.5. The van der Waals surface area contributed by atoms with Crippen molar-refractivity contribution in [1.29, 1.82) is 0 Å². The van der Waals surface area contributed by atoms with Gasteiger partial charge in [0.05, 0.1) is 13.2 Å². The highest BCUT2D eigenvalue weighted by atomic mass is 16.5. The summed E-state index contributed by atoms with van der Waals surface area (Å²) in [6.45, 7) is 4.07. The highest BCUT2D eigenvalue weighted by Gasteiger charge is 2.19. The number of nitrogens with zero attached hydrogens (tertiary/aromatic N) is 3. The molecule has 0 radical (unpaired) electrons. The number of benzene rings is 1. The van der Waals surface area contributed by atoms with Crippen LogP contribution in [0.3, 0.4) is 0 Å². The number of nitrogens with one attached hydrogen (secondary N) is 1. The summed E-state index contributed by atoms with van der Waals surface area (Å²) in [4.78, 5) is 11.2. The number of morpholine rings is 1. The number of rotatable bonds is 4. The minimum atomic E-state index is 0.439. The summed E-state index contributed by atoms with van der Waals surface area (Å²) in [7, 11) is 0. The van der Waals surface area contributed by atoms with Crippen molar-refractivity contribution < 1.29 is 4.74 Å². The Balaban J connectivity index is 1.38. The lowest BCUT2D eigenvalue weighted by Gasteiger charge is -2.27. The van der Waals surface area contributed by atoms with Crippen LogP contribution in [0.1, 0.15) is 35.6 Å². The number of aryl methyl sites for hydroxylation is 1. The molecular formula is C19H24N4O. The second kappa shape index (κ2) is 7.28. The molecule has 1 saturated heterocycles. The predicted octanol–water partition coefficient (Wildman–Crippen LogP) is 2.48. The Labute approximate surface area is 143 Å². The highest BCUT2D eigenvalue weighted by molar-refractivity contribution is 5.33. The van der Waals surface area contributed by atoms with Crippen LogP contribution in [0.2, 0.25) is 0 Å². The van der Waals surface area contributed by atoms with Crippen LogP contribution >= 0.6 is 0 Å². The maximum Gasteiger partial charge on any atom is 0.225 e. The number of fused-ring (bicyclic) bond motifs is 1. The van der Waals surface area contributed by atoms with Crippen molar-refractivity contribution in [1.82, 2.24) is 15.3 Å². The van der Waals surface area contributed by atoms with Gasteiger partial charge in [-0.15, -0.1) is 0 Å². The summed E-state index contributed by atoms with van der Waals surface area (Å²) in [6.07, 6.45) is 7.54. The quantitative estimate of drug-likeness (QED) is 0.936. The van der Waals surface area contributed by atoms with Gasteiger partial charge in [-0.3, -0.25) is 0 Å². The molecular weight excluding hydrogens is 300 g/mol. The third-order valence-corrected chi connectivity index (χ3v) is 4.91. The Kier molecular flexibility index (Phi) is 4.71. The first-order chi connectivity index (χ1) is 11.9. The second-order valence-corrected chi connectivity index (χ2v) is 6.52. The van der Waals surface area contributed by atoms with Gasteiger partial charge in [-0.25, -0.2) is 9.97 Å². The molecule has 1 fully saturated rings. The SMILES string of the molecule is c1ccc2c(c1)CCCC2NCc1cnc(N2CCOCC2)nc1. The van der Waals surface area contributed by atoms with Gasteiger partial charge >= 0.3 is 0 Å². The van der Waals surface area contributed by atoms with Crippen LogP contribution in [0.4, 0.5) is 5.95 Å². The fraction of sp³-hybridized carbons (Fsp3) is 0.474. The zero-order chi connectivity index (χ0) is 16.2. The van der Waals surface area contributed by atoms with Gasteiger partial charge in [0.1, 0.15) is 0 Å². The standard InChI is InChI=1S/C19H24N4O/c1-2-6-17-16(4-1)5-3-7-18(17)20-12-15-13-21-19(22-14-15)23-8-10-24-11-9-23/h1-2,4,6,13-14,18,20H,3,5,7-12H2. The summed E-state index contributed by atoms with van der Waals surface area (Å²) in [5, 5.41) is 3.68. The molecule has 2 aliphatic rings. The average Bonchev–Trinajstić information content (AvgIpc) is 2.67. The summed E-state index contributed by atoms with van der Waals surface area (Å²) in [5.74, 6) is 0.810. The molecule has 2 heterocycles. The lowest BCUT2D eigenvalue weighted by Crippen LogP contribution is -2.37. The monoisotopic (exact) mass is 324 g/mol. The summed E-state index contributed by atoms with van der Waals surface area (Å²) < 4.78 is 5.37. The van der Waals surface area contributed by atoms with Crippen molar-refractivity contribution in [3.05, 3.63) is 53.3 Å². The Hall–Kier alpha value is -1.98. The van der Waals surface area contributed by atoms with Crippen molar-refractivity contribution in [2.24, 2.45) is 0 Å². The number of ether oxygens (including phenoxy) is 1. The molecule has 1 aromatic heterocycles. The van der Waals surface area contributed by atoms with E-state index in [1.165, 1.54) is 30.4 Å². The molecule has 2 aromatic rings. The maximum atomic E-state index is 5.37. The fourth-order valence-electron chi connectivity index (χ4n) is 3.57. The fourth-order valence-corrected chi connectivity index (χ4v) is 3.57. The van der Waals surface area contributed by atoms with E-state index < -0.39 is 0 Å². The number of hydrogen-bond acceptors (Lipinski definition) is 5. The van der Waals surface area contributed by atoms with E-state index in [0.717, 1.165) is 44.4 Å².